The predicted octanol–water partition coefficient (Wildman–Crippen LogP) is 2.10. The van der Waals surface area contributed by atoms with Gasteiger partial charge in [0.2, 0.25) is 0 Å². The second kappa shape index (κ2) is 7.14. The number of amides is 2. The Labute approximate surface area is 131 Å². The van der Waals surface area contributed by atoms with Crippen molar-refractivity contribution in [3.05, 3.63) is 35.4 Å². The minimum Gasteiger partial charge on any atom is -0.377 e. The topological polar surface area (TPSA) is 55.8 Å². The van der Waals surface area contributed by atoms with Crippen molar-refractivity contribution >= 4 is 34.4 Å². The molecule has 0 saturated heterocycles. The van der Waals surface area contributed by atoms with Crippen LogP contribution in [0.3, 0.4) is 0 Å². The Balaban J connectivity index is 1.78. The second-order valence-electron chi connectivity index (χ2n) is 4.33. The molecule has 0 radical (unpaired) electrons. The number of alkyl halides is 1. The van der Waals surface area contributed by atoms with Crippen molar-refractivity contribution in [2.24, 2.45) is 0 Å². The van der Waals surface area contributed by atoms with E-state index in [0.29, 0.717) is 30.9 Å². The van der Waals surface area contributed by atoms with Crippen molar-refractivity contribution in [2.75, 3.05) is 26.4 Å². The number of hydrogen-bond acceptors (Lipinski definition) is 4. The molecule has 20 heavy (non-hydrogen) atoms. The Bertz CT molecular complexity index is 469. The summed E-state index contributed by atoms with van der Waals surface area (Å²) in [5, 5.41) is 0. The number of carbonyl (C=O) groups excluding carboxylic acids is 2. The number of carbonyl (C=O) groups is 2. The molecule has 1 aliphatic rings. The minimum atomic E-state index is -0.244. The Morgan fingerprint density at radius 1 is 1.10 bits per heavy atom. The molecule has 0 spiro atoms. The molecule has 1 atom stereocenters. The van der Waals surface area contributed by atoms with E-state index in [-0.39, 0.29) is 22.5 Å². The van der Waals surface area contributed by atoms with Gasteiger partial charge in [-0.1, -0.05) is 34.7 Å². The number of fused-ring (bicyclic) bond motifs is 1. The van der Waals surface area contributed by atoms with Gasteiger partial charge in [-0.15, -0.1) is 0 Å². The van der Waals surface area contributed by atoms with Crippen molar-refractivity contribution in [3.63, 3.8) is 0 Å². The summed E-state index contributed by atoms with van der Waals surface area (Å²) in [4.78, 5) is 25.3. The fourth-order valence-corrected chi connectivity index (χ4v) is 2.22. The predicted molar refractivity (Wildman–Crippen MR) is 82.1 cm³/mol. The lowest BCUT2D eigenvalue weighted by molar-refractivity contribution is 0.0351. The van der Waals surface area contributed by atoms with Crippen LogP contribution in [0.5, 0.6) is 0 Å². The fraction of sp³-hybridized carbons (Fsp3) is 0.429. The average molecular weight is 389 g/mol. The lowest BCUT2D eigenvalue weighted by Gasteiger charge is -2.14. The molecule has 0 aromatic heterocycles. The summed E-state index contributed by atoms with van der Waals surface area (Å²) in [6.07, 6.45) is 0. The van der Waals surface area contributed by atoms with Crippen molar-refractivity contribution in [1.82, 2.24) is 4.90 Å². The number of ether oxygens (including phenoxy) is 2. The van der Waals surface area contributed by atoms with E-state index < -0.39 is 0 Å². The van der Waals surface area contributed by atoms with Gasteiger partial charge >= 0.3 is 0 Å². The zero-order chi connectivity index (χ0) is 14.5. The van der Waals surface area contributed by atoms with Crippen LogP contribution in [-0.2, 0) is 9.47 Å². The summed E-state index contributed by atoms with van der Waals surface area (Å²) in [6.45, 7) is 3.50. The summed E-state index contributed by atoms with van der Waals surface area (Å²) in [6, 6.07) is 6.86. The molecule has 0 fully saturated rings. The number of rotatable bonds is 7. The van der Waals surface area contributed by atoms with Gasteiger partial charge in [-0.3, -0.25) is 14.5 Å². The molecule has 0 N–H and O–H groups in total. The standard InChI is InChI=1S/C14H16INO4/c1-10(15)20-9-8-19-7-6-16-13(17)11-4-2-3-5-12(11)14(16)18/h2-5,10H,6-9H2,1H3. The molecule has 5 nitrogen and oxygen atoms in total. The molecule has 6 heteroatoms. The Kier molecular flexibility index (Phi) is 5.50. The van der Waals surface area contributed by atoms with Gasteiger partial charge in [0.1, 0.15) is 4.11 Å². The first-order valence-corrected chi connectivity index (χ1v) is 7.64. The van der Waals surface area contributed by atoms with Crippen LogP contribution in [0.15, 0.2) is 24.3 Å². The van der Waals surface area contributed by atoms with Gasteiger partial charge in [0.05, 0.1) is 37.5 Å². The first kappa shape index (κ1) is 15.4. The SMILES string of the molecule is CC(I)OCCOCCN1C(=O)c2ccccc2C1=O. The van der Waals surface area contributed by atoms with Crippen LogP contribution < -0.4 is 0 Å². The second-order valence-corrected chi connectivity index (χ2v) is 6.09. The smallest absolute Gasteiger partial charge is 0.261 e. The van der Waals surface area contributed by atoms with Gasteiger partial charge in [0, 0.05) is 0 Å². The van der Waals surface area contributed by atoms with Gasteiger partial charge in [0.25, 0.3) is 11.8 Å². The molecule has 0 bridgehead atoms. The van der Waals surface area contributed by atoms with E-state index in [4.69, 9.17) is 9.47 Å². The zero-order valence-corrected chi connectivity index (χ0v) is 13.3. The van der Waals surface area contributed by atoms with Crippen molar-refractivity contribution in [1.29, 1.82) is 0 Å². The first-order valence-electron chi connectivity index (χ1n) is 6.40. The summed E-state index contributed by atoms with van der Waals surface area (Å²) in [5.74, 6) is -0.488. The van der Waals surface area contributed by atoms with Crippen LogP contribution in [-0.4, -0.2) is 47.2 Å². The van der Waals surface area contributed by atoms with E-state index in [1.807, 2.05) is 6.92 Å². The molecule has 1 unspecified atom stereocenters. The van der Waals surface area contributed by atoms with Gasteiger partial charge in [-0.05, 0) is 19.1 Å². The molecule has 1 aromatic rings. The Morgan fingerprint density at radius 3 is 2.25 bits per heavy atom. The van der Waals surface area contributed by atoms with Gasteiger partial charge in [-0.25, -0.2) is 0 Å². The van der Waals surface area contributed by atoms with E-state index in [0.717, 1.165) is 0 Å². The van der Waals surface area contributed by atoms with Crippen LogP contribution >= 0.6 is 22.6 Å². The van der Waals surface area contributed by atoms with Crippen molar-refractivity contribution in [3.8, 4) is 0 Å². The minimum absolute atomic E-state index is 0.146. The summed E-state index contributed by atoms with van der Waals surface area (Å²) in [7, 11) is 0. The normalized spacial score (nSPS) is 15.6. The monoisotopic (exact) mass is 389 g/mol. The third-order valence-corrected chi connectivity index (χ3v) is 3.27. The molecule has 0 aliphatic carbocycles. The molecule has 1 aliphatic heterocycles. The van der Waals surface area contributed by atoms with Gasteiger partial charge in [0.15, 0.2) is 0 Å². The van der Waals surface area contributed by atoms with Crippen LogP contribution in [0.4, 0.5) is 0 Å². The molecular formula is C14H16INO4. The van der Waals surface area contributed by atoms with Crippen LogP contribution in [0.1, 0.15) is 27.6 Å². The van der Waals surface area contributed by atoms with Gasteiger partial charge in [-0.2, -0.15) is 0 Å². The summed E-state index contributed by atoms with van der Waals surface area (Å²) in [5.41, 5.74) is 0.944. The maximum Gasteiger partial charge on any atom is 0.261 e. The third kappa shape index (κ3) is 3.56. The summed E-state index contributed by atoms with van der Waals surface area (Å²) < 4.78 is 10.8. The highest BCUT2D eigenvalue weighted by Crippen LogP contribution is 2.21. The molecule has 1 heterocycles. The van der Waals surface area contributed by atoms with E-state index in [1.165, 1.54) is 4.90 Å². The lowest BCUT2D eigenvalue weighted by atomic mass is 10.1. The molecule has 1 aromatic carbocycles. The van der Waals surface area contributed by atoms with Crippen LogP contribution in [0.2, 0.25) is 0 Å². The number of halogens is 1. The largest absolute Gasteiger partial charge is 0.377 e. The number of imide groups is 1. The Morgan fingerprint density at radius 2 is 1.70 bits per heavy atom. The lowest BCUT2D eigenvalue weighted by Crippen LogP contribution is -2.33. The van der Waals surface area contributed by atoms with Crippen LogP contribution in [0, 0.1) is 0 Å². The maximum atomic E-state index is 12.0. The maximum absolute atomic E-state index is 12.0. The third-order valence-electron chi connectivity index (χ3n) is 2.91. The van der Waals surface area contributed by atoms with Gasteiger partial charge < -0.3 is 9.47 Å². The van der Waals surface area contributed by atoms with E-state index in [2.05, 4.69) is 22.6 Å². The molecule has 108 valence electrons. The van der Waals surface area contributed by atoms with E-state index >= 15 is 0 Å². The zero-order valence-electron chi connectivity index (χ0n) is 11.2. The quantitative estimate of drug-likeness (QED) is 0.310. The fourth-order valence-electron chi connectivity index (χ4n) is 1.97. The van der Waals surface area contributed by atoms with Crippen LogP contribution in [0.25, 0.3) is 0 Å². The highest BCUT2D eigenvalue weighted by molar-refractivity contribution is 14.1. The first-order chi connectivity index (χ1) is 9.61. The number of benzene rings is 1. The molecule has 2 rings (SSSR count). The Hall–Kier alpha value is -0.990. The average Bonchev–Trinajstić information content (AvgIpc) is 2.67. The molecule has 0 saturated carbocycles. The van der Waals surface area contributed by atoms with E-state index in [9.17, 15) is 9.59 Å². The van der Waals surface area contributed by atoms with Crippen molar-refractivity contribution in [2.45, 2.75) is 11.0 Å². The summed E-state index contributed by atoms with van der Waals surface area (Å²) >= 11 is 2.16. The highest BCUT2D eigenvalue weighted by Gasteiger charge is 2.34. The number of nitrogens with zero attached hydrogens (tertiary/aromatic N) is 1. The number of hydrogen-bond donors (Lipinski definition) is 0. The van der Waals surface area contributed by atoms with E-state index in [1.54, 1.807) is 24.3 Å². The molecular weight excluding hydrogens is 373 g/mol. The van der Waals surface area contributed by atoms with Crippen molar-refractivity contribution < 1.29 is 19.1 Å². The highest BCUT2D eigenvalue weighted by atomic mass is 127. The molecule has 2 amide bonds.